The Morgan fingerprint density at radius 2 is 1.87 bits per heavy atom. The van der Waals surface area contributed by atoms with Gasteiger partial charge in [-0.2, -0.15) is 18.3 Å². The second-order valence-electron chi connectivity index (χ2n) is 12.3. The number of hydrogen-bond acceptors (Lipinski definition) is 6. The lowest BCUT2D eigenvalue weighted by molar-refractivity contribution is -0.141. The number of piperidine rings is 1. The lowest BCUT2D eigenvalue weighted by Crippen LogP contribution is -2.41. The van der Waals surface area contributed by atoms with Crippen LogP contribution in [0.15, 0.2) is 30.6 Å². The van der Waals surface area contributed by atoms with Crippen molar-refractivity contribution >= 4 is 35.0 Å². The molecular weight excluding hydrogens is 625 g/mol. The quantitative estimate of drug-likeness (QED) is 0.269. The normalized spacial score (nSPS) is 20.3. The highest BCUT2D eigenvalue weighted by Crippen LogP contribution is 2.49. The molecule has 2 aliphatic carbocycles. The average Bonchev–Trinajstić information content (AvgIpc) is 3.75. The number of amides is 3. The van der Waals surface area contributed by atoms with E-state index in [9.17, 15) is 27.6 Å². The molecule has 3 aliphatic rings. The molecule has 46 heavy (non-hydrogen) atoms. The summed E-state index contributed by atoms with van der Waals surface area (Å²) in [7, 11) is 1.46. The maximum Gasteiger partial charge on any atom is 0.435 e. The van der Waals surface area contributed by atoms with Crippen LogP contribution >= 0.6 is 11.6 Å². The van der Waals surface area contributed by atoms with Crippen LogP contribution in [0.25, 0.3) is 11.3 Å². The largest absolute Gasteiger partial charge is 0.435 e. The fourth-order valence-electron chi connectivity index (χ4n) is 6.31. The third-order valence-corrected chi connectivity index (χ3v) is 9.27. The molecule has 2 saturated carbocycles. The summed E-state index contributed by atoms with van der Waals surface area (Å²) in [6, 6.07) is 4.38. The second kappa shape index (κ2) is 12.7. The summed E-state index contributed by atoms with van der Waals surface area (Å²) in [5, 5.41) is 12.6. The summed E-state index contributed by atoms with van der Waals surface area (Å²) in [5.74, 6) is 0.176. The number of rotatable bonds is 12. The lowest BCUT2D eigenvalue weighted by atomic mass is 10.2. The predicted molar refractivity (Wildman–Crippen MR) is 164 cm³/mol. The standard InChI is InChI=1S/C31H36ClF3N8O3/c1-3-9-42(30(46)25-20-12-36-13-21(20)25)10-8-37-28(44)19-7-6-18(11-23(19)32)39-29(45)27-38-14-24(41(27)2)22-16-43(15-17-4-5-17)40-26(22)31(33,34)35/h6-7,11,14,16-17,20-21,25,36H,3-5,8-10,12-13,15H2,1-2H3,(H,37,44)(H,39,45)/t20-,21+,25?. The van der Waals surface area contributed by atoms with Crippen LogP contribution in [0.3, 0.4) is 0 Å². The number of alkyl halides is 3. The highest BCUT2D eigenvalue weighted by Gasteiger charge is 2.57. The summed E-state index contributed by atoms with van der Waals surface area (Å²) in [6.45, 7) is 5.45. The number of carbonyl (C=O) groups is 3. The Balaban J connectivity index is 1.07. The van der Waals surface area contributed by atoms with E-state index in [0.717, 1.165) is 32.4 Å². The molecule has 0 bridgehead atoms. The van der Waals surface area contributed by atoms with E-state index in [1.54, 1.807) is 0 Å². The molecule has 1 aliphatic heterocycles. The van der Waals surface area contributed by atoms with Gasteiger partial charge in [-0.1, -0.05) is 18.5 Å². The van der Waals surface area contributed by atoms with Gasteiger partial charge in [-0.05, 0) is 68.3 Å². The zero-order valence-corrected chi connectivity index (χ0v) is 26.3. The van der Waals surface area contributed by atoms with E-state index >= 15 is 0 Å². The number of aromatic nitrogens is 4. The summed E-state index contributed by atoms with van der Waals surface area (Å²) in [6.07, 6.45) is 0.618. The molecule has 246 valence electrons. The molecular formula is C31H36ClF3N8O3. The average molecular weight is 661 g/mol. The molecule has 3 heterocycles. The number of carbonyl (C=O) groups excluding carboxylic acids is 3. The Bertz CT molecular complexity index is 1640. The number of benzene rings is 1. The van der Waals surface area contributed by atoms with Gasteiger partial charge in [-0.15, -0.1) is 0 Å². The van der Waals surface area contributed by atoms with E-state index in [0.29, 0.717) is 37.4 Å². The summed E-state index contributed by atoms with van der Waals surface area (Å²) >= 11 is 6.40. The first-order chi connectivity index (χ1) is 22.0. The molecule has 0 radical (unpaired) electrons. The van der Waals surface area contributed by atoms with Crippen molar-refractivity contribution in [3.63, 3.8) is 0 Å². The number of nitrogens with zero attached hydrogens (tertiary/aromatic N) is 5. The van der Waals surface area contributed by atoms with Crippen molar-refractivity contribution in [1.82, 2.24) is 34.9 Å². The van der Waals surface area contributed by atoms with Gasteiger partial charge in [0.25, 0.3) is 11.8 Å². The maximum absolute atomic E-state index is 13.8. The van der Waals surface area contributed by atoms with Gasteiger partial charge in [0.1, 0.15) is 0 Å². The van der Waals surface area contributed by atoms with Crippen molar-refractivity contribution in [2.24, 2.45) is 30.7 Å². The summed E-state index contributed by atoms with van der Waals surface area (Å²) in [5.41, 5.74) is -0.626. The Hall–Kier alpha value is -3.91. The maximum atomic E-state index is 13.8. The van der Waals surface area contributed by atoms with Crippen molar-refractivity contribution in [3.05, 3.63) is 52.7 Å². The van der Waals surface area contributed by atoms with Crippen LogP contribution < -0.4 is 16.0 Å². The monoisotopic (exact) mass is 660 g/mol. The van der Waals surface area contributed by atoms with E-state index in [1.165, 1.54) is 46.9 Å². The van der Waals surface area contributed by atoms with Crippen molar-refractivity contribution in [3.8, 4) is 11.3 Å². The van der Waals surface area contributed by atoms with E-state index in [2.05, 4.69) is 26.0 Å². The molecule has 3 aromatic rings. The minimum absolute atomic E-state index is 0.0753. The van der Waals surface area contributed by atoms with Gasteiger partial charge in [0.05, 0.1) is 28.0 Å². The first kappa shape index (κ1) is 32.0. The number of fused-ring (bicyclic) bond motifs is 1. The number of imidazole rings is 1. The zero-order chi connectivity index (χ0) is 32.7. The molecule has 1 saturated heterocycles. The molecule has 11 nitrogen and oxygen atoms in total. The number of nitrogens with one attached hydrogen (secondary N) is 3. The van der Waals surface area contributed by atoms with Gasteiger partial charge in [0.2, 0.25) is 5.91 Å². The molecule has 2 aromatic heterocycles. The van der Waals surface area contributed by atoms with Crippen molar-refractivity contribution in [1.29, 1.82) is 0 Å². The molecule has 3 N–H and O–H groups in total. The van der Waals surface area contributed by atoms with E-state index < -0.39 is 23.7 Å². The third kappa shape index (κ3) is 6.63. The molecule has 3 fully saturated rings. The Morgan fingerprint density at radius 1 is 1.13 bits per heavy atom. The highest BCUT2D eigenvalue weighted by molar-refractivity contribution is 6.34. The first-order valence-electron chi connectivity index (χ1n) is 15.5. The van der Waals surface area contributed by atoms with Gasteiger partial charge in [-0.3, -0.25) is 19.1 Å². The Kier molecular flexibility index (Phi) is 8.85. The van der Waals surface area contributed by atoms with Gasteiger partial charge >= 0.3 is 6.18 Å². The molecule has 15 heteroatoms. The van der Waals surface area contributed by atoms with Crippen molar-refractivity contribution < 1.29 is 27.6 Å². The Labute approximate surface area is 268 Å². The Morgan fingerprint density at radius 3 is 2.52 bits per heavy atom. The van der Waals surface area contributed by atoms with Crippen LogP contribution in [-0.4, -0.2) is 74.7 Å². The third-order valence-electron chi connectivity index (χ3n) is 8.96. The number of halogens is 4. The molecule has 0 spiro atoms. The van der Waals surface area contributed by atoms with E-state index in [1.807, 2.05) is 11.8 Å². The van der Waals surface area contributed by atoms with Gasteiger partial charge in [-0.25, -0.2) is 4.98 Å². The van der Waals surface area contributed by atoms with Gasteiger partial charge in [0, 0.05) is 51.0 Å². The summed E-state index contributed by atoms with van der Waals surface area (Å²) in [4.78, 5) is 44.9. The van der Waals surface area contributed by atoms with Crippen LogP contribution in [0.5, 0.6) is 0 Å². The SMILES string of the molecule is CCCN(CCNC(=O)c1ccc(NC(=O)c2ncc(-c3cn(CC4CC4)nc3C(F)(F)F)n2C)cc1Cl)C(=O)C1[C@H]2CNC[C@@H]12. The van der Waals surface area contributed by atoms with E-state index in [-0.39, 0.29) is 51.7 Å². The zero-order valence-electron chi connectivity index (χ0n) is 25.5. The molecule has 6 rings (SSSR count). The molecule has 1 unspecified atom stereocenters. The van der Waals surface area contributed by atoms with Crippen LogP contribution in [0.4, 0.5) is 18.9 Å². The topological polar surface area (TPSA) is 126 Å². The predicted octanol–water partition coefficient (Wildman–Crippen LogP) is 4.05. The summed E-state index contributed by atoms with van der Waals surface area (Å²) < 4.78 is 44.0. The smallest absolute Gasteiger partial charge is 0.350 e. The van der Waals surface area contributed by atoms with Gasteiger partial charge < -0.3 is 25.4 Å². The first-order valence-corrected chi connectivity index (χ1v) is 15.9. The van der Waals surface area contributed by atoms with Crippen LogP contribution in [0.2, 0.25) is 5.02 Å². The fourth-order valence-corrected chi connectivity index (χ4v) is 6.57. The lowest BCUT2D eigenvalue weighted by Gasteiger charge is -2.23. The van der Waals surface area contributed by atoms with E-state index in [4.69, 9.17) is 11.6 Å². The minimum Gasteiger partial charge on any atom is -0.350 e. The highest BCUT2D eigenvalue weighted by atomic mass is 35.5. The molecule has 3 amide bonds. The molecule has 3 atom stereocenters. The number of hydrogen-bond donors (Lipinski definition) is 3. The van der Waals surface area contributed by atoms with Crippen molar-refractivity contribution in [2.45, 2.75) is 38.9 Å². The molecule has 1 aromatic carbocycles. The van der Waals surface area contributed by atoms with Crippen LogP contribution in [0, 0.1) is 23.7 Å². The fraction of sp³-hybridized carbons (Fsp3) is 0.516. The van der Waals surface area contributed by atoms with Crippen LogP contribution in [0.1, 0.15) is 52.9 Å². The van der Waals surface area contributed by atoms with Crippen LogP contribution in [-0.2, 0) is 24.6 Å². The van der Waals surface area contributed by atoms with Gasteiger partial charge in [0.15, 0.2) is 11.5 Å². The minimum atomic E-state index is -4.68. The van der Waals surface area contributed by atoms with Crippen molar-refractivity contribution in [2.75, 3.05) is 38.0 Å². The second-order valence-corrected chi connectivity index (χ2v) is 12.7. The number of anilines is 1.